The van der Waals surface area contributed by atoms with Gasteiger partial charge in [-0.25, -0.2) is 9.79 Å². The van der Waals surface area contributed by atoms with Gasteiger partial charge in [0.25, 0.3) is 5.56 Å². The topological polar surface area (TPSA) is 88.4 Å². The summed E-state index contributed by atoms with van der Waals surface area (Å²) in [5, 5.41) is 0. The Bertz CT molecular complexity index is 1540. The number of rotatable bonds is 8. The Balaban J connectivity index is 1.91. The van der Waals surface area contributed by atoms with Crippen molar-refractivity contribution in [3.63, 3.8) is 0 Å². The van der Waals surface area contributed by atoms with E-state index in [1.807, 2.05) is 37.3 Å². The maximum atomic E-state index is 13.8. The highest BCUT2D eigenvalue weighted by Gasteiger charge is 2.33. The number of fused-ring (bicyclic) bond motifs is 1. The monoisotopic (exact) mass is 586 g/mol. The second kappa shape index (κ2) is 11.4. The first kappa shape index (κ1) is 26.7. The Labute approximate surface area is 226 Å². The Hall–Kier alpha value is -3.37. The van der Waals surface area contributed by atoms with Crippen LogP contribution in [0.4, 0.5) is 0 Å². The van der Waals surface area contributed by atoms with E-state index in [-0.39, 0.29) is 12.2 Å². The molecule has 0 unspecified atom stereocenters. The Morgan fingerprint density at radius 1 is 1.14 bits per heavy atom. The quantitative estimate of drug-likeness (QED) is 0.371. The number of esters is 1. The zero-order valence-corrected chi connectivity index (χ0v) is 23.6. The van der Waals surface area contributed by atoms with E-state index in [1.165, 1.54) is 11.3 Å². The fourth-order valence-electron chi connectivity index (χ4n) is 4.19. The van der Waals surface area contributed by atoms with Crippen molar-refractivity contribution in [2.75, 3.05) is 27.4 Å². The van der Waals surface area contributed by atoms with Crippen LogP contribution in [0.1, 0.15) is 37.9 Å². The van der Waals surface area contributed by atoms with Gasteiger partial charge in [-0.3, -0.25) is 9.36 Å². The van der Waals surface area contributed by atoms with Crippen LogP contribution in [0.25, 0.3) is 6.08 Å². The number of thiazole rings is 1. The lowest BCUT2D eigenvalue weighted by molar-refractivity contribution is -0.139. The first-order chi connectivity index (χ1) is 17.8. The summed E-state index contributed by atoms with van der Waals surface area (Å²) in [5.74, 6) is 1.30. The first-order valence-electron chi connectivity index (χ1n) is 11.7. The van der Waals surface area contributed by atoms with Gasteiger partial charge in [-0.2, -0.15) is 0 Å². The minimum absolute atomic E-state index is 0.213. The van der Waals surface area contributed by atoms with Crippen LogP contribution in [0, 0.1) is 0 Å². The minimum atomic E-state index is -0.690. The molecule has 0 saturated carbocycles. The molecule has 37 heavy (non-hydrogen) atoms. The highest BCUT2D eigenvalue weighted by molar-refractivity contribution is 9.10. The molecule has 194 valence electrons. The third-order valence-corrected chi connectivity index (χ3v) is 7.35. The van der Waals surface area contributed by atoms with Gasteiger partial charge in [-0.1, -0.05) is 23.5 Å². The molecule has 2 aromatic carbocycles. The van der Waals surface area contributed by atoms with Crippen LogP contribution in [0.3, 0.4) is 0 Å². The number of aromatic nitrogens is 1. The average molecular weight is 587 g/mol. The maximum Gasteiger partial charge on any atom is 0.338 e. The molecule has 3 aromatic rings. The summed E-state index contributed by atoms with van der Waals surface area (Å²) in [6.45, 7) is 6.17. The first-order valence-corrected chi connectivity index (χ1v) is 13.3. The van der Waals surface area contributed by atoms with E-state index in [0.29, 0.717) is 48.9 Å². The molecule has 0 saturated heterocycles. The van der Waals surface area contributed by atoms with Crippen LogP contribution < -0.4 is 29.1 Å². The van der Waals surface area contributed by atoms with Crippen molar-refractivity contribution in [1.82, 2.24) is 4.57 Å². The summed E-state index contributed by atoms with van der Waals surface area (Å²) in [4.78, 5) is 31.9. The highest BCUT2D eigenvalue weighted by atomic mass is 79.9. The highest BCUT2D eigenvalue weighted by Crippen LogP contribution is 2.36. The van der Waals surface area contributed by atoms with Crippen LogP contribution in [-0.2, 0) is 9.53 Å². The third-order valence-electron chi connectivity index (χ3n) is 5.78. The summed E-state index contributed by atoms with van der Waals surface area (Å²) in [7, 11) is 3.11. The largest absolute Gasteiger partial charge is 0.494 e. The van der Waals surface area contributed by atoms with Gasteiger partial charge in [0, 0.05) is 0 Å². The molecular weight excluding hydrogens is 560 g/mol. The van der Waals surface area contributed by atoms with E-state index < -0.39 is 12.0 Å². The molecule has 0 spiro atoms. The van der Waals surface area contributed by atoms with E-state index in [9.17, 15) is 9.59 Å². The Morgan fingerprint density at radius 3 is 2.49 bits per heavy atom. The second-order valence-corrected chi connectivity index (χ2v) is 9.91. The van der Waals surface area contributed by atoms with Gasteiger partial charge in [0.15, 0.2) is 16.3 Å². The number of hydrogen-bond acceptors (Lipinski definition) is 8. The number of nitrogens with zero attached hydrogens (tertiary/aromatic N) is 2. The normalized spacial score (nSPS) is 15.2. The molecule has 1 aliphatic heterocycles. The fourth-order valence-corrected chi connectivity index (χ4v) is 5.86. The molecule has 0 amide bonds. The summed E-state index contributed by atoms with van der Waals surface area (Å²) in [6, 6.07) is 10.3. The van der Waals surface area contributed by atoms with E-state index in [0.717, 1.165) is 11.1 Å². The lowest BCUT2D eigenvalue weighted by atomic mass is 9.96. The second-order valence-electron chi connectivity index (χ2n) is 8.04. The molecule has 10 heteroatoms. The number of methoxy groups -OCH3 is 2. The molecule has 4 rings (SSSR count). The Kier molecular flexibility index (Phi) is 8.19. The molecule has 0 radical (unpaired) electrons. The van der Waals surface area contributed by atoms with Gasteiger partial charge < -0.3 is 18.9 Å². The molecule has 0 N–H and O–H groups in total. The number of ether oxygens (including phenoxy) is 4. The number of hydrogen-bond donors (Lipinski definition) is 0. The summed E-state index contributed by atoms with van der Waals surface area (Å²) in [5.41, 5.74) is 2.08. The van der Waals surface area contributed by atoms with Crippen molar-refractivity contribution in [3.05, 3.63) is 83.0 Å². The summed E-state index contributed by atoms with van der Waals surface area (Å²) >= 11 is 4.76. The smallest absolute Gasteiger partial charge is 0.338 e. The fraction of sp³-hybridized carbons (Fsp3) is 0.296. The summed E-state index contributed by atoms with van der Waals surface area (Å²) in [6.07, 6.45) is 1.77. The molecule has 1 atom stereocenters. The minimum Gasteiger partial charge on any atom is -0.494 e. The van der Waals surface area contributed by atoms with Gasteiger partial charge in [-0.15, -0.1) is 0 Å². The summed E-state index contributed by atoms with van der Waals surface area (Å²) < 4.78 is 24.5. The van der Waals surface area contributed by atoms with Gasteiger partial charge in [0.1, 0.15) is 5.75 Å². The van der Waals surface area contributed by atoms with Crippen molar-refractivity contribution in [3.8, 4) is 17.2 Å². The van der Waals surface area contributed by atoms with E-state index in [2.05, 4.69) is 20.9 Å². The third kappa shape index (κ3) is 5.21. The van der Waals surface area contributed by atoms with Gasteiger partial charge in [0.2, 0.25) is 0 Å². The zero-order valence-electron chi connectivity index (χ0n) is 21.2. The van der Waals surface area contributed by atoms with Crippen LogP contribution in [-0.4, -0.2) is 38.0 Å². The van der Waals surface area contributed by atoms with Crippen molar-refractivity contribution in [2.45, 2.75) is 26.8 Å². The average Bonchev–Trinajstić information content (AvgIpc) is 3.17. The van der Waals surface area contributed by atoms with Crippen molar-refractivity contribution >= 4 is 39.3 Å². The van der Waals surface area contributed by atoms with Crippen molar-refractivity contribution in [2.24, 2.45) is 4.99 Å². The maximum absolute atomic E-state index is 13.8. The van der Waals surface area contributed by atoms with Crippen LogP contribution in [0.5, 0.6) is 17.2 Å². The standard InChI is InChI=1S/C27H27BrN2O6S/c1-6-35-18-10-8-17(9-11-18)23-22(26(32)36-7-2)15(3)29-27-30(23)25(31)21(37-27)14-16-12-19(28)24(34-5)20(13-16)33-4/h8-14,23H,6-7H2,1-5H3/b21-14-/t23-/m1/s1. The zero-order chi connectivity index (χ0) is 26.7. The van der Waals surface area contributed by atoms with Gasteiger partial charge >= 0.3 is 5.97 Å². The molecule has 0 bridgehead atoms. The number of carbonyl (C=O) groups is 1. The number of benzene rings is 2. The molecule has 2 heterocycles. The van der Waals surface area contributed by atoms with Crippen molar-refractivity contribution < 1.29 is 23.7 Å². The SMILES string of the molecule is CCOC(=O)C1=C(C)N=c2s/c(=C\c3cc(Br)c(OC)c(OC)c3)c(=O)n2[C@@H]1c1ccc(OCC)cc1. The van der Waals surface area contributed by atoms with Gasteiger partial charge in [0.05, 0.1) is 53.8 Å². The molecule has 0 aliphatic carbocycles. The molecular formula is C27H27BrN2O6S. The van der Waals surface area contributed by atoms with Crippen LogP contribution >= 0.6 is 27.3 Å². The lowest BCUT2D eigenvalue weighted by Gasteiger charge is -2.24. The predicted molar refractivity (Wildman–Crippen MR) is 145 cm³/mol. The lowest BCUT2D eigenvalue weighted by Crippen LogP contribution is -2.39. The molecule has 1 aliphatic rings. The Morgan fingerprint density at radius 2 is 1.86 bits per heavy atom. The van der Waals surface area contributed by atoms with E-state index in [1.54, 1.807) is 44.8 Å². The van der Waals surface area contributed by atoms with Crippen LogP contribution in [0.2, 0.25) is 0 Å². The number of allylic oxidation sites excluding steroid dienone is 1. The van der Waals surface area contributed by atoms with Crippen molar-refractivity contribution in [1.29, 1.82) is 0 Å². The molecule has 1 aromatic heterocycles. The van der Waals surface area contributed by atoms with E-state index in [4.69, 9.17) is 18.9 Å². The van der Waals surface area contributed by atoms with Crippen LogP contribution in [0.15, 0.2) is 61.9 Å². The van der Waals surface area contributed by atoms with E-state index >= 15 is 0 Å². The number of halogens is 1. The predicted octanol–water partition coefficient (Wildman–Crippen LogP) is 3.98. The molecule has 0 fully saturated rings. The van der Waals surface area contributed by atoms with Gasteiger partial charge in [-0.05, 0) is 78.2 Å². The number of carbonyl (C=O) groups excluding carboxylic acids is 1. The molecule has 8 nitrogen and oxygen atoms in total.